The maximum Gasteiger partial charge on any atom is 0.153 e. The topological polar surface area (TPSA) is 97.0 Å². The van der Waals surface area contributed by atoms with E-state index < -0.39 is 0 Å². The number of ether oxygens (including phenoxy) is 1. The molecule has 0 amide bonds. The van der Waals surface area contributed by atoms with Crippen molar-refractivity contribution in [2.45, 2.75) is 0 Å². The second kappa shape index (κ2) is 7.25. The Balaban J connectivity index is 1.54. The number of benzene rings is 3. The third-order valence-electron chi connectivity index (χ3n) is 4.91. The molecule has 0 aliphatic heterocycles. The summed E-state index contributed by atoms with van der Waals surface area (Å²) in [6, 6.07) is 24.3. The number of phenolic OH excluding ortho intramolecular Hbond substituents is 1. The second-order valence-electron chi connectivity index (χ2n) is 6.87. The van der Waals surface area contributed by atoms with E-state index in [4.69, 9.17) is 10.5 Å². The maximum absolute atomic E-state index is 9.56. The van der Waals surface area contributed by atoms with Gasteiger partial charge in [0.1, 0.15) is 17.2 Å². The van der Waals surface area contributed by atoms with Crippen LogP contribution >= 0.6 is 0 Å². The molecule has 0 unspecified atom stereocenters. The van der Waals surface area contributed by atoms with E-state index in [0.717, 1.165) is 44.8 Å². The van der Waals surface area contributed by atoms with Crippen LogP contribution in [0.3, 0.4) is 0 Å². The Labute approximate surface area is 172 Å². The van der Waals surface area contributed by atoms with E-state index in [2.05, 4.69) is 15.2 Å². The van der Waals surface area contributed by atoms with Gasteiger partial charge in [0.25, 0.3) is 0 Å². The quantitative estimate of drug-likeness (QED) is 0.381. The minimum atomic E-state index is 0.202. The lowest BCUT2D eigenvalue weighted by Gasteiger charge is -2.10. The van der Waals surface area contributed by atoms with Crippen LogP contribution in [0.1, 0.15) is 0 Å². The fraction of sp³-hybridized carbons (Fsp3) is 0. The number of hydrogen-bond acceptors (Lipinski definition) is 5. The Kier molecular flexibility index (Phi) is 4.29. The van der Waals surface area contributed by atoms with Gasteiger partial charge in [-0.05, 0) is 54.1 Å². The molecule has 146 valence electrons. The summed E-state index contributed by atoms with van der Waals surface area (Å²) in [6.45, 7) is 0. The van der Waals surface area contributed by atoms with Gasteiger partial charge in [-0.25, -0.2) is 0 Å². The molecular weight excluding hydrogens is 376 g/mol. The lowest BCUT2D eigenvalue weighted by atomic mass is 10.0. The monoisotopic (exact) mass is 394 g/mol. The Hall–Kier alpha value is -4.32. The fourth-order valence-electron chi connectivity index (χ4n) is 3.44. The minimum Gasteiger partial charge on any atom is -0.508 e. The summed E-state index contributed by atoms with van der Waals surface area (Å²) >= 11 is 0. The summed E-state index contributed by atoms with van der Waals surface area (Å²) in [4.78, 5) is 4.65. The number of phenols is 1. The Bertz CT molecular complexity index is 1310. The normalized spacial score (nSPS) is 10.9. The van der Waals surface area contributed by atoms with Crippen LogP contribution in [0.15, 0.2) is 85.1 Å². The van der Waals surface area contributed by atoms with Crippen LogP contribution in [0, 0.1) is 0 Å². The molecule has 2 heterocycles. The molecule has 5 aromatic rings. The molecule has 4 N–H and O–H groups in total. The van der Waals surface area contributed by atoms with Crippen LogP contribution in [0.4, 0.5) is 5.82 Å². The average Bonchev–Trinajstić information content (AvgIpc) is 3.17. The van der Waals surface area contributed by atoms with Crippen molar-refractivity contribution in [3.05, 3.63) is 85.1 Å². The molecule has 30 heavy (non-hydrogen) atoms. The van der Waals surface area contributed by atoms with Gasteiger partial charge in [0, 0.05) is 17.3 Å². The van der Waals surface area contributed by atoms with Gasteiger partial charge in [0.2, 0.25) is 0 Å². The molecule has 0 aliphatic carbocycles. The van der Waals surface area contributed by atoms with Crippen molar-refractivity contribution in [3.8, 4) is 39.6 Å². The van der Waals surface area contributed by atoms with Crippen molar-refractivity contribution in [1.82, 2.24) is 15.2 Å². The van der Waals surface area contributed by atoms with E-state index >= 15 is 0 Å². The van der Waals surface area contributed by atoms with Crippen LogP contribution in [-0.4, -0.2) is 20.3 Å². The van der Waals surface area contributed by atoms with E-state index in [0.29, 0.717) is 5.82 Å². The summed E-state index contributed by atoms with van der Waals surface area (Å²) in [5.41, 5.74) is 10.4. The van der Waals surface area contributed by atoms with Crippen molar-refractivity contribution in [2.75, 3.05) is 5.73 Å². The average molecular weight is 394 g/mol. The van der Waals surface area contributed by atoms with Crippen molar-refractivity contribution < 1.29 is 9.84 Å². The number of nitrogens with two attached hydrogens (primary N) is 1. The van der Waals surface area contributed by atoms with E-state index in [9.17, 15) is 5.11 Å². The number of aromatic hydroxyl groups is 1. The smallest absolute Gasteiger partial charge is 0.153 e. The number of fused-ring (bicyclic) bond motifs is 1. The van der Waals surface area contributed by atoms with E-state index in [1.54, 1.807) is 18.3 Å². The zero-order valence-corrected chi connectivity index (χ0v) is 15.9. The molecule has 0 atom stereocenters. The number of anilines is 1. The summed E-state index contributed by atoms with van der Waals surface area (Å²) < 4.78 is 5.87. The van der Waals surface area contributed by atoms with Crippen molar-refractivity contribution >= 4 is 16.7 Å². The number of aromatic amines is 1. The molecule has 0 saturated heterocycles. The van der Waals surface area contributed by atoms with Crippen LogP contribution in [0.5, 0.6) is 17.2 Å². The zero-order valence-electron chi connectivity index (χ0n) is 15.9. The maximum atomic E-state index is 9.56. The van der Waals surface area contributed by atoms with Crippen molar-refractivity contribution in [1.29, 1.82) is 0 Å². The Morgan fingerprint density at radius 3 is 2.20 bits per heavy atom. The lowest BCUT2D eigenvalue weighted by Crippen LogP contribution is -1.91. The number of rotatable bonds is 4. The largest absolute Gasteiger partial charge is 0.508 e. The molecule has 2 aromatic heterocycles. The Morgan fingerprint density at radius 2 is 1.47 bits per heavy atom. The van der Waals surface area contributed by atoms with Gasteiger partial charge >= 0.3 is 0 Å². The number of hydrogen-bond donors (Lipinski definition) is 3. The van der Waals surface area contributed by atoms with Gasteiger partial charge in [-0.2, -0.15) is 5.10 Å². The summed E-state index contributed by atoms with van der Waals surface area (Å²) in [6.07, 6.45) is 1.80. The number of H-pyrrole nitrogens is 1. The summed E-state index contributed by atoms with van der Waals surface area (Å²) in [5, 5.41) is 17.6. The predicted molar refractivity (Wildman–Crippen MR) is 117 cm³/mol. The van der Waals surface area contributed by atoms with E-state index in [1.165, 1.54) is 0 Å². The van der Waals surface area contributed by atoms with Gasteiger partial charge in [-0.15, -0.1) is 0 Å². The SMILES string of the molecule is Nc1n[nH]c2c(-c3ccc(O)cc3)ncc(-c3ccc(Oc4ccccc4)cc3)c12. The lowest BCUT2D eigenvalue weighted by molar-refractivity contribution is 0.475. The highest BCUT2D eigenvalue weighted by molar-refractivity contribution is 6.06. The zero-order chi connectivity index (χ0) is 20.5. The third-order valence-corrected chi connectivity index (χ3v) is 4.91. The summed E-state index contributed by atoms with van der Waals surface area (Å²) in [5.74, 6) is 2.14. The number of nitrogens with zero attached hydrogens (tertiary/aromatic N) is 2. The number of para-hydroxylation sites is 1. The predicted octanol–water partition coefficient (Wildman–Crippen LogP) is 5.37. The van der Waals surface area contributed by atoms with Crippen molar-refractivity contribution in [2.24, 2.45) is 0 Å². The molecular formula is C24H18N4O2. The molecule has 3 aromatic carbocycles. The molecule has 5 rings (SSSR count). The molecule has 0 radical (unpaired) electrons. The van der Waals surface area contributed by atoms with Crippen molar-refractivity contribution in [3.63, 3.8) is 0 Å². The highest BCUT2D eigenvalue weighted by Crippen LogP contribution is 2.36. The Morgan fingerprint density at radius 1 is 0.800 bits per heavy atom. The number of pyridine rings is 1. The first-order valence-electron chi connectivity index (χ1n) is 9.44. The van der Waals surface area contributed by atoms with E-state index in [1.807, 2.05) is 66.7 Å². The molecule has 0 bridgehead atoms. The second-order valence-corrected chi connectivity index (χ2v) is 6.87. The minimum absolute atomic E-state index is 0.202. The van der Waals surface area contributed by atoms with Gasteiger partial charge in [0.05, 0.1) is 16.6 Å². The van der Waals surface area contributed by atoms with Crippen LogP contribution in [0.2, 0.25) is 0 Å². The number of nitrogen functional groups attached to an aromatic ring is 1. The standard InChI is InChI=1S/C24H18N4O2/c25-24-21-20(15-8-12-19(13-9-15)30-18-4-2-1-3-5-18)14-26-22(23(21)27-28-24)16-6-10-17(29)11-7-16/h1-14,29H,(H3,25,27,28). The third kappa shape index (κ3) is 3.20. The van der Waals surface area contributed by atoms with Gasteiger partial charge in [-0.3, -0.25) is 10.1 Å². The van der Waals surface area contributed by atoms with Gasteiger partial charge in [-0.1, -0.05) is 30.3 Å². The molecule has 0 aliphatic rings. The summed E-state index contributed by atoms with van der Waals surface area (Å²) in [7, 11) is 0. The van der Waals surface area contributed by atoms with Crippen LogP contribution < -0.4 is 10.5 Å². The molecule has 6 nitrogen and oxygen atoms in total. The fourth-order valence-corrected chi connectivity index (χ4v) is 3.44. The molecule has 0 fully saturated rings. The molecule has 0 saturated carbocycles. The first-order chi connectivity index (χ1) is 14.7. The first-order valence-corrected chi connectivity index (χ1v) is 9.44. The van der Waals surface area contributed by atoms with Gasteiger partial charge < -0.3 is 15.6 Å². The van der Waals surface area contributed by atoms with E-state index in [-0.39, 0.29) is 5.75 Å². The van der Waals surface area contributed by atoms with Gasteiger partial charge in [0.15, 0.2) is 5.82 Å². The number of aromatic nitrogens is 3. The molecule has 0 spiro atoms. The highest BCUT2D eigenvalue weighted by atomic mass is 16.5. The highest BCUT2D eigenvalue weighted by Gasteiger charge is 2.16. The van der Waals surface area contributed by atoms with Crippen LogP contribution in [-0.2, 0) is 0 Å². The number of nitrogens with one attached hydrogen (secondary N) is 1. The molecule has 6 heteroatoms. The first kappa shape index (κ1) is 17.8. The van der Waals surface area contributed by atoms with Crippen LogP contribution in [0.25, 0.3) is 33.3 Å².